The van der Waals surface area contributed by atoms with Gasteiger partial charge < -0.3 is 14.6 Å². The second-order valence-electron chi connectivity index (χ2n) is 6.70. The van der Waals surface area contributed by atoms with E-state index >= 15 is 0 Å². The first-order valence-corrected chi connectivity index (χ1v) is 9.61. The van der Waals surface area contributed by atoms with Gasteiger partial charge in [-0.05, 0) is 44.0 Å². The number of hydrogen-bond donors (Lipinski definition) is 1. The molecular weight excluding hydrogens is 366 g/mol. The minimum absolute atomic E-state index is 0.100. The summed E-state index contributed by atoms with van der Waals surface area (Å²) >= 11 is 0. The fraction of sp³-hybridized carbons (Fsp3) is 0.261. The van der Waals surface area contributed by atoms with Crippen LogP contribution in [0.25, 0.3) is 11.3 Å². The lowest BCUT2D eigenvalue weighted by Gasteiger charge is -2.13. The van der Waals surface area contributed by atoms with Crippen molar-refractivity contribution in [3.63, 3.8) is 0 Å². The average Bonchev–Trinajstić information content (AvgIpc) is 2.97. The Morgan fingerprint density at radius 2 is 1.79 bits per heavy atom. The van der Waals surface area contributed by atoms with Crippen molar-refractivity contribution in [3.8, 4) is 11.3 Å². The van der Waals surface area contributed by atoms with Gasteiger partial charge in [0.15, 0.2) is 0 Å². The number of pyridine rings is 1. The zero-order valence-electron chi connectivity index (χ0n) is 16.9. The Bertz CT molecular complexity index is 995. The van der Waals surface area contributed by atoms with Gasteiger partial charge >= 0.3 is 5.97 Å². The molecule has 0 radical (unpaired) electrons. The van der Waals surface area contributed by atoms with Crippen LogP contribution in [0.1, 0.15) is 34.2 Å². The Labute approximate surface area is 170 Å². The third-order valence-corrected chi connectivity index (χ3v) is 4.79. The predicted molar refractivity (Wildman–Crippen MR) is 111 cm³/mol. The molecule has 0 saturated heterocycles. The highest BCUT2D eigenvalue weighted by atomic mass is 16.5. The van der Waals surface area contributed by atoms with Crippen LogP contribution in [-0.2, 0) is 22.6 Å². The number of carbonyl (C=O) groups is 2. The molecule has 1 amide bonds. The first-order chi connectivity index (χ1) is 14.0. The molecule has 6 heteroatoms. The first kappa shape index (κ1) is 20.3. The summed E-state index contributed by atoms with van der Waals surface area (Å²) in [5, 5.41) is 2.90. The van der Waals surface area contributed by atoms with Crippen molar-refractivity contribution in [1.29, 1.82) is 0 Å². The van der Waals surface area contributed by atoms with Crippen LogP contribution in [0.2, 0.25) is 0 Å². The van der Waals surface area contributed by atoms with Crippen LogP contribution < -0.4 is 5.32 Å². The smallest absolute Gasteiger partial charge is 0.340 e. The molecule has 1 N–H and O–H groups in total. The van der Waals surface area contributed by atoms with E-state index in [0.717, 1.165) is 22.5 Å². The topological polar surface area (TPSA) is 73.2 Å². The highest BCUT2D eigenvalue weighted by Gasteiger charge is 2.25. The lowest BCUT2D eigenvalue weighted by Crippen LogP contribution is -2.28. The molecule has 0 spiro atoms. The van der Waals surface area contributed by atoms with E-state index in [1.54, 1.807) is 13.1 Å². The van der Waals surface area contributed by atoms with Crippen molar-refractivity contribution < 1.29 is 14.3 Å². The third kappa shape index (κ3) is 4.54. The first-order valence-electron chi connectivity index (χ1n) is 9.61. The van der Waals surface area contributed by atoms with Gasteiger partial charge in [-0.2, -0.15) is 0 Å². The summed E-state index contributed by atoms with van der Waals surface area (Å²) in [6.45, 7) is 6.27. The molecule has 0 fully saturated rings. The summed E-state index contributed by atoms with van der Waals surface area (Å²) in [5.41, 5.74) is 4.62. The van der Waals surface area contributed by atoms with Gasteiger partial charge in [0.25, 0.3) is 0 Å². The molecule has 0 aliphatic heterocycles. The van der Waals surface area contributed by atoms with Crippen molar-refractivity contribution in [1.82, 2.24) is 14.9 Å². The predicted octanol–water partition coefficient (Wildman–Crippen LogP) is 3.66. The summed E-state index contributed by atoms with van der Waals surface area (Å²) in [4.78, 5) is 29.4. The van der Waals surface area contributed by atoms with Gasteiger partial charge in [0, 0.05) is 11.9 Å². The van der Waals surface area contributed by atoms with Crippen LogP contribution in [0.4, 0.5) is 0 Å². The maximum Gasteiger partial charge on any atom is 0.340 e. The van der Waals surface area contributed by atoms with Crippen molar-refractivity contribution in [3.05, 3.63) is 77.2 Å². The molecule has 0 bridgehead atoms. The molecule has 2 heterocycles. The summed E-state index contributed by atoms with van der Waals surface area (Å²) in [7, 11) is 0. The highest BCUT2D eigenvalue weighted by molar-refractivity contribution is 5.95. The number of rotatable bonds is 7. The number of aromatic nitrogens is 2. The molecule has 3 rings (SSSR count). The Hall–Kier alpha value is -3.41. The molecule has 0 unspecified atom stereocenters. The van der Waals surface area contributed by atoms with Gasteiger partial charge in [0.2, 0.25) is 5.91 Å². The summed E-state index contributed by atoms with van der Waals surface area (Å²) < 4.78 is 7.12. The Morgan fingerprint density at radius 3 is 2.45 bits per heavy atom. The van der Waals surface area contributed by atoms with E-state index in [2.05, 4.69) is 10.3 Å². The van der Waals surface area contributed by atoms with Crippen molar-refractivity contribution in [2.45, 2.75) is 33.9 Å². The molecule has 2 aromatic heterocycles. The van der Waals surface area contributed by atoms with Gasteiger partial charge in [0.05, 0.1) is 30.1 Å². The van der Waals surface area contributed by atoms with Crippen molar-refractivity contribution >= 4 is 11.9 Å². The third-order valence-electron chi connectivity index (χ3n) is 4.79. The lowest BCUT2D eigenvalue weighted by atomic mass is 10.1. The number of benzene rings is 1. The summed E-state index contributed by atoms with van der Waals surface area (Å²) in [6.07, 6.45) is 1.69. The second-order valence-corrected chi connectivity index (χ2v) is 6.70. The normalized spacial score (nSPS) is 10.6. The number of ether oxygens (including phenoxy) is 1. The van der Waals surface area contributed by atoms with Crippen LogP contribution in [0.15, 0.2) is 54.7 Å². The number of nitrogens with zero attached hydrogens (tertiary/aromatic N) is 2. The Kier molecular flexibility index (Phi) is 6.44. The zero-order chi connectivity index (χ0) is 20.8. The molecular formula is C23H25N3O3. The van der Waals surface area contributed by atoms with Crippen LogP contribution in [0.3, 0.4) is 0 Å². The van der Waals surface area contributed by atoms with Gasteiger partial charge in [-0.15, -0.1) is 0 Å². The zero-order valence-corrected chi connectivity index (χ0v) is 16.9. The second kappa shape index (κ2) is 9.19. The van der Waals surface area contributed by atoms with Crippen LogP contribution in [0.5, 0.6) is 0 Å². The largest absolute Gasteiger partial charge is 0.462 e. The van der Waals surface area contributed by atoms with Crippen molar-refractivity contribution in [2.24, 2.45) is 0 Å². The summed E-state index contributed by atoms with van der Waals surface area (Å²) in [5.74, 6) is -0.520. The maximum atomic E-state index is 12.7. The average molecular weight is 391 g/mol. The van der Waals surface area contributed by atoms with Gasteiger partial charge in [-0.25, -0.2) is 4.79 Å². The number of carbonyl (C=O) groups excluding carboxylic acids is 2. The van der Waals surface area contributed by atoms with E-state index in [1.165, 1.54) is 0 Å². The van der Waals surface area contributed by atoms with E-state index < -0.39 is 0 Å². The molecule has 0 atom stereocenters. The van der Waals surface area contributed by atoms with Gasteiger partial charge in [0.1, 0.15) is 6.54 Å². The molecule has 0 aliphatic carbocycles. The molecule has 150 valence electrons. The van der Waals surface area contributed by atoms with Crippen molar-refractivity contribution in [2.75, 3.05) is 6.61 Å². The number of amides is 1. The minimum Gasteiger partial charge on any atom is -0.462 e. The molecule has 0 aliphatic rings. The van der Waals surface area contributed by atoms with E-state index in [9.17, 15) is 9.59 Å². The number of esters is 1. The number of nitrogens with one attached hydrogen (secondary N) is 1. The molecule has 3 aromatic rings. The monoisotopic (exact) mass is 391 g/mol. The lowest BCUT2D eigenvalue weighted by molar-refractivity contribution is -0.121. The van der Waals surface area contributed by atoms with Gasteiger partial charge in [-0.3, -0.25) is 9.78 Å². The maximum absolute atomic E-state index is 12.7. The Balaban J connectivity index is 1.92. The molecule has 29 heavy (non-hydrogen) atoms. The van der Waals surface area contributed by atoms with E-state index in [-0.39, 0.29) is 18.4 Å². The molecule has 6 nitrogen and oxygen atoms in total. The SMILES string of the molecule is CCOC(=O)c1c(C)c(-c2ccccc2)n(CC(=O)NCc2ccccn2)c1C. The van der Waals surface area contributed by atoms with Gasteiger partial charge in [-0.1, -0.05) is 36.4 Å². The van der Waals surface area contributed by atoms with Crippen LogP contribution >= 0.6 is 0 Å². The minimum atomic E-state index is -0.368. The Morgan fingerprint density at radius 1 is 1.07 bits per heavy atom. The van der Waals surface area contributed by atoms with Crippen LogP contribution in [0, 0.1) is 13.8 Å². The van der Waals surface area contributed by atoms with E-state index in [1.807, 2.05) is 66.9 Å². The standard InChI is InChI=1S/C23H25N3O3/c1-4-29-23(28)21-16(2)22(18-10-6-5-7-11-18)26(17(21)3)15-20(27)25-14-19-12-8-9-13-24-19/h5-13H,4,14-15H2,1-3H3,(H,25,27). The van der Waals surface area contributed by atoms with E-state index in [4.69, 9.17) is 4.74 Å². The summed E-state index contributed by atoms with van der Waals surface area (Å²) in [6, 6.07) is 15.3. The fourth-order valence-electron chi connectivity index (χ4n) is 3.46. The fourth-order valence-corrected chi connectivity index (χ4v) is 3.46. The van der Waals surface area contributed by atoms with Crippen LogP contribution in [-0.4, -0.2) is 28.0 Å². The van der Waals surface area contributed by atoms with E-state index in [0.29, 0.717) is 24.4 Å². The quantitative estimate of drug-likeness (QED) is 0.624. The molecule has 1 aromatic carbocycles. The molecule has 0 saturated carbocycles. The number of hydrogen-bond acceptors (Lipinski definition) is 4. The highest BCUT2D eigenvalue weighted by Crippen LogP contribution is 2.31.